The fraction of sp³-hybridized carbons (Fsp3) is 0.543. The maximum absolute atomic E-state index is 12.1. The Morgan fingerprint density at radius 1 is 0.889 bits per heavy atom. The third kappa shape index (κ3) is 15.9. The number of ether oxygens (including phenoxy) is 1. The molecule has 10 heteroatoms. The lowest BCUT2D eigenvalue weighted by atomic mass is 9.85. The summed E-state index contributed by atoms with van der Waals surface area (Å²) in [5.41, 5.74) is 0.839. The molecular formula is C35H51ClO9. The molecule has 6 N–H and O–H groups in total. The first kappa shape index (κ1) is 40.2. The molecule has 0 aliphatic heterocycles. The van der Waals surface area contributed by atoms with Gasteiger partial charge in [0.05, 0.1) is 30.3 Å². The molecule has 1 saturated carbocycles. The minimum absolute atomic E-state index is 0.0812. The van der Waals surface area contributed by atoms with Crippen molar-refractivity contribution in [3.63, 3.8) is 0 Å². The first-order valence-electron chi connectivity index (χ1n) is 15.5. The smallest absolute Gasteiger partial charge is 0.331 e. The van der Waals surface area contributed by atoms with Crippen molar-refractivity contribution < 1.29 is 45.0 Å². The van der Waals surface area contributed by atoms with E-state index in [1.54, 1.807) is 49.5 Å². The molecule has 9 nitrogen and oxygen atoms in total. The number of aliphatic carboxylic acids is 1. The van der Waals surface area contributed by atoms with Gasteiger partial charge >= 0.3 is 11.9 Å². The van der Waals surface area contributed by atoms with Gasteiger partial charge in [-0.05, 0) is 44.6 Å². The Bertz CT molecular complexity index is 1120. The molecule has 0 aromatic rings. The molecule has 8 atom stereocenters. The lowest BCUT2D eigenvalue weighted by Crippen LogP contribution is -2.42. The fourth-order valence-corrected chi connectivity index (χ4v) is 4.88. The number of carbonyl (C=O) groups is 2. The van der Waals surface area contributed by atoms with E-state index in [-0.39, 0.29) is 24.3 Å². The van der Waals surface area contributed by atoms with E-state index in [2.05, 4.69) is 19.9 Å². The van der Waals surface area contributed by atoms with Gasteiger partial charge in [0.2, 0.25) is 0 Å². The molecule has 0 aromatic carbocycles. The lowest BCUT2D eigenvalue weighted by molar-refractivity contribution is -0.159. The molecule has 0 spiro atoms. The van der Waals surface area contributed by atoms with Crippen molar-refractivity contribution in [3.8, 4) is 0 Å². The van der Waals surface area contributed by atoms with E-state index < -0.39 is 60.4 Å². The normalized spacial score (nSPS) is 23.8. The zero-order valence-corrected chi connectivity index (χ0v) is 27.4. The van der Waals surface area contributed by atoms with Gasteiger partial charge in [0, 0.05) is 29.9 Å². The number of allylic oxidation sites excluding steroid dienone is 11. The Balaban J connectivity index is 2.56. The summed E-state index contributed by atoms with van der Waals surface area (Å²) in [4.78, 5) is 23.2. The number of aliphatic hydroxyl groups is 5. The number of esters is 1. The van der Waals surface area contributed by atoms with Crippen LogP contribution in [0.1, 0.15) is 66.2 Å². The van der Waals surface area contributed by atoms with Crippen LogP contribution >= 0.6 is 11.6 Å². The second-order valence-corrected chi connectivity index (χ2v) is 11.9. The van der Waals surface area contributed by atoms with Crippen LogP contribution in [-0.2, 0) is 14.3 Å². The molecule has 0 aromatic heterocycles. The van der Waals surface area contributed by atoms with Crippen LogP contribution in [-0.4, -0.2) is 79.2 Å². The van der Waals surface area contributed by atoms with Gasteiger partial charge in [-0.1, -0.05) is 98.7 Å². The van der Waals surface area contributed by atoms with Crippen LogP contribution < -0.4 is 0 Å². The molecule has 0 saturated heterocycles. The number of hydrogen-bond acceptors (Lipinski definition) is 8. The summed E-state index contributed by atoms with van der Waals surface area (Å²) < 4.78 is 5.22. The summed E-state index contributed by atoms with van der Waals surface area (Å²) in [6.45, 7) is 7.67. The molecule has 0 heterocycles. The highest BCUT2D eigenvalue weighted by Gasteiger charge is 2.35. The predicted molar refractivity (Wildman–Crippen MR) is 176 cm³/mol. The van der Waals surface area contributed by atoms with Crippen molar-refractivity contribution >= 4 is 23.5 Å². The van der Waals surface area contributed by atoms with Gasteiger partial charge in [-0.3, -0.25) is 4.79 Å². The molecule has 252 valence electrons. The topological polar surface area (TPSA) is 165 Å². The van der Waals surface area contributed by atoms with Crippen LogP contribution in [0, 0.1) is 17.8 Å². The van der Waals surface area contributed by atoms with Crippen LogP contribution in [0.2, 0.25) is 0 Å². The minimum Gasteiger partial charge on any atom is -0.481 e. The Labute approximate surface area is 272 Å². The monoisotopic (exact) mass is 650 g/mol. The van der Waals surface area contributed by atoms with E-state index in [9.17, 15) is 35.1 Å². The first-order valence-corrected chi connectivity index (χ1v) is 15.9. The summed E-state index contributed by atoms with van der Waals surface area (Å²) in [5, 5.41) is 60.9. The molecule has 1 aliphatic carbocycles. The number of carboxylic acids is 1. The molecular weight excluding hydrogens is 600 g/mol. The molecule has 0 bridgehead atoms. The maximum atomic E-state index is 12.1. The van der Waals surface area contributed by atoms with Crippen LogP contribution in [0.15, 0.2) is 83.5 Å². The number of carboxylic acid groups (broad SMARTS) is 1. The summed E-state index contributed by atoms with van der Waals surface area (Å²) >= 11 is 6.32. The zero-order valence-electron chi connectivity index (χ0n) is 26.7. The van der Waals surface area contributed by atoms with E-state index in [4.69, 9.17) is 21.4 Å². The Kier molecular flexibility index (Phi) is 19.5. The number of halogens is 1. The number of carbonyl (C=O) groups excluding carboxylic acids is 1. The standard InChI is InChI=1S/C35H51ClO9/c1-5-25(6-2)15-9-10-16-27(37)22-30(39)34(42)33(41)24(4)28(36)17-11-7-13-23(3)14-8-12-18-32(40)45-31-21-26(35(43)44)19-20-29(31)38/h7-18,24-27,29-31,33-34,37-39,41-42H,5-6,19-22H2,1-4H3,(H,43,44)/b11-7+,14-8+,15-9+,16-10+,18-12+,23-13+,28-17-/t24-,26+,27+,29+,30-,31-,33-,34-/m1/s1. The summed E-state index contributed by atoms with van der Waals surface area (Å²) in [7, 11) is 0. The molecule has 1 aliphatic rings. The number of rotatable bonds is 18. The maximum Gasteiger partial charge on any atom is 0.331 e. The number of aliphatic hydroxyl groups excluding tert-OH is 5. The predicted octanol–water partition coefficient (Wildman–Crippen LogP) is 4.90. The van der Waals surface area contributed by atoms with Crippen molar-refractivity contribution in [2.45, 2.75) is 103 Å². The molecule has 0 amide bonds. The van der Waals surface area contributed by atoms with Gasteiger partial charge in [-0.25, -0.2) is 4.79 Å². The zero-order chi connectivity index (χ0) is 33.9. The number of hydrogen-bond donors (Lipinski definition) is 6. The quantitative estimate of drug-likeness (QED) is 0.0688. The molecule has 45 heavy (non-hydrogen) atoms. The van der Waals surface area contributed by atoms with Gasteiger partial charge < -0.3 is 35.4 Å². The van der Waals surface area contributed by atoms with Crippen LogP contribution in [0.25, 0.3) is 0 Å². The van der Waals surface area contributed by atoms with Gasteiger partial charge in [-0.2, -0.15) is 0 Å². The van der Waals surface area contributed by atoms with E-state index in [1.165, 1.54) is 18.2 Å². The highest BCUT2D eigenvalue weighted by molar-refractivity contribution is 6.30. The Morgan fingerprint density at radius 3 is 2.16 bits per heavy atom. The van der Waals surface area contributed by atoms with Crippen molar-refractivity contribution in [3.05, 3.63) is 83.5 Å². The average Bonchev–Trinajstić information content (AvgIpc) is 3.01. The van der Waals surface area contributed by atoms with E-state index in [0.29, 0.717) is 12.3 Å². The molecule has 0 unspecified atom stereocenters. The second-order valence-electron chi connectivity index (χ2n) is 11.4. The van der Waals surface area contributed by atoms with Crippen molar-refractivity contribution in [2.24, 2.45) is 17.8 Å². The van der Waals surface area contributed by atoms with Crippen LogP contribution in [0.4, 0.5) is 0 Å². The van der Waals surface area contributed by atoms with Gasteiger partial charge in [0.1, 0.15) is 12.2 Å². The van der Waals surface area contributed by atoms with Crippen molar-refractivity contribution in [1.29, 1.82) is 0 Å². The Morgan fingerprint density at radius 2 is 1.51 bits per heavy atom. The second kappa shape index (κ2) is 21.9. The summed E-state index contributed by atoms with van der Waals surface area (Å²) in [6.07, 6.45) is 15.6. The van der Waals surface area contributed by atoms with Crippen LogP contribution in [0.3, 0.4) is 0 Å². The van der Waals surface area contributed by atoms with E-state index >= 15 is 0 Å². The third-order valence-corrected chi connectivity index (χ3v) is 8.32. The highest BCUT2D eigenvalue weighted by atomic mass is 35.5. The fourth-order valence-electron chi connectivity index (χ4n) is 4.68. The average molecular weight is 651 g/mol. The third-order valence-electron chi connectivity index (χ3n) is 7.85. The van der Waals surface area contributed by atoms with Crippen molar-refractivity contribution in [1.82, 2.24) is 0 Å². The minimum atomic E-state index is -1.51. The first-order chi connectivity index (χ1) is 21.3. The molecule has 1 fully saturated rings. The lowest BCUT2D eigenvalue weighted by Gasteiger charge is -2.30. The van der Waals surface area contributed by atoms with Gasteiger partial charge in [0.25, 0.3) is 0 Å². The van der Waals surface area contributed by atoms with E-state index in [0.717, 1.165) is 18.4 Å². The molecule has 1 rings (SSSR count). The van der Waals surface area contributed by atoms with Gasteiger partial charge in [-0.15, -0.1) is 0 Å². The van der Waals surface area contributed by atoms with Crippen LogP contribution in [0.5, 0.6) is 0 Å². The largest absolute Gasteiger partial charge is 0.481 e. The summed E-state index contributed by atoms with van der Waals surface area (Å²) in [5.74, 6) is -2.49. The van der Waals surface area contributed by atoms with Crippen molar-refractivity contribution in [2.75, 3.05) is 0 Å². The van der Waals surface area contributed by atoms with E-state index in [1.807, 2.05) is 13.0 Å². The highest BCUT2D eigenvalue weighted by Crippen LogP contribution is 2.27. The Hall–Kier alpha value is -2.79. The molecule has 0 radical (unpaired) electrons. The summed E-state index contributed by atoms with van der Waals surface area (Å²) in [6, 6.07) is 0. The SMILES string of the molecule is CCC(/C=C/C=C/[C@H](O)C[C@@H](O)[C@@H](O)[C@H](O)[C@H](C)/C(Cl)=C/C=C/C=C(C)/C=C/C=C/C(=O)O[C@@H]1C[C@@H](C(=O)O)CC[C@@H]1O)CC. The van der Waals surface area contributed by atoms with Gasteiger partial charge in [0.15, 0.2) is 0 Å².